The summed E-state index contributed by atoms with van der Waals surface area (Å²) < 4.78 is 27.3. The maximum Gasteiger partial charge on any atom is 0.312 e. The van der Waals surface area contributed by atoms with E-state index in [1.165, 1.54) is 18.2 Å². The maximum atomic E-state index is 12.2. The Labute approximate surface area is 138 Å². The second-order valence-electron chi connectivity index (χ2n) is 3.82. The maximum absolute atomic E-state index is 12.2. The van der Waals surface area contributed by atoms with E-state index in [9.17, 15) is 18.5 Å². The summed E-state index contributed by atoms with van der Waals surface area (Å²) in [5.74, 6) is -0.425. The largest absolute Gasteiger partial charge is 0.312 e. The highest BCUT2D eigenvalue weighted by Crippen LogP contribution is 2.26. The summed E-state index contributed by atoms with van der Waals surface area (Å²) in [7, 11) is -3.98. The molecular formula is C11H7ClIN3O4S. The topological polar surface area (TPSA) is 102 Å². The molecule has 0 unspecified atom stereocenters. The molecule has 1 N–H and O–H groups in total. The zero-order valence-corrected chi connectivity index (χ0v) is 13.9. The van der Waals surface area contributed by atoms with E-state index in [4.69, 9.17) is 11.6 Å². The summed E-state index contributed by atoms with van der Waals surface area (Å²) in [6.45, 7) is 0. The van der Waals surface area contributed by atoms with E-state index in [1.807, 2.05) is 22.6 Å². The second kappa shape index (κ2) is 6.12. The van der Waals surface area contributed by atoms with Gasteiger partial charge < -0.3 is 0 Å². The molecule has 7 nitrogen and oxygen atoms in total. The van der Waals surface area contributed by atoms with Gasteiger partial charge in [-0.05, 0) is 52.9 Å². The first kappa shape index (κ1) is 15.9. The van der Waals surface area contributed by atoms with Crippen molar-refractivity contribution in [3.05, 3.63) is 55.2 Å². The molecule has 0 saturated heterocycles. The number of nitro groups is 1. The van der Waals surface area contributed by atoms with Gasteiger partial charge in [-0.15, -0.1) is 0 Å². The van der Waals surface area contributed by atoms with Crippen LogP contribution in [-0.2, 0) is 10.0 Å². The Bertz CT molecular complexity index is 796. The monoisotopic (exact) mass is 439 g/mol. The predicted molar refractivity (Wildman–Crippen MR) is 85.9 cm³/mol. The first-order valence-corrected chi connectivity index (χ1v) is 8.33. The van der Waals surface area contributed by atoms with Crippen LogP contribution in [0.4, 0.5) is 11.5 Å². The van der Waals surface area contributed by atoms with E-state index >= 15 is 0 Å². The van der Waals surface area contributed by atoms with Gasteiger partial charge in [-0.25, -0.2) is 13.4 Å². The third-order valence-corrected chi connectivity index (χ3v) is 4.68. The average Bonchev–Trinajstić information content (AvgIpc) is 2.38. The predicted octanol–water partition coefficient (Wildman–Crippen LogP) is 3.05. The molecule has 0 saturated carbocycles. The molecule has 10 heteroatoms. The third-order valence-electron chi connectivity index (χ3n) is 2.39. The molecule has 1 aromatic carbocycles. The van der Waals surface area contributed by atoms with Crippen LogP contribution in [-0.4, -0.2) is 18.3 Å². The average molecular weight is 440 g/mol. The first-order valence-electron chi connectivity index (χ1n) is 5.39. The highest BCUT2D eigenvalue weighted by Gasteiger charge is 2.22. The smallest absolute Gasteiger partial charge is 0.258 e. The molecule has 2 aromatic rings. The minimum atomic E-state index is -3.98. The van der Waals surface area contributed by atoms with Crippen LogP contribution in [0, 0.1) is 13.7 Å². The van der Waals surface area contributed by atoms with Gasteiger partial charge in [0.1, 0.15) is 5.15 Å². The third kappa shape index (κ3) is 3.80. The number of benzene rings is 1. The highest BCUT2D eigenvalue weighted by molar-refractivity contribution is 14.1. The number of halogens is 2. The molecule has 0 bridgehead atoms. The number of nitrogens with zero attached hydrogens (tertiary/aromatic N) is 2. The van der Waals surface area contributed by atoms with Crippen molar-refractivity contribution in [1.29, 1.82) is 0 Å². The standard InChI is InChI=1S/C11H7ClIN3O4S/c12-10-6-5-9(16(17)18)11(14-10)15-21(19,20)8-3-1-7(13)2-4-8/h1-6H,(H,14,15). The van der Waals surface area contributed by atoms with E-state index in [0.29, 0.717) is 0 Å². The molecule has 0 aliphatic carbocycles. The lowest BCUT2D eigenvalue weighted by atomic mass is 10.4. The molecule has 110 valence electrons. The summed E-state index contributed by atoms with van der Waals surface area (Å²) in [5, 5.41) is 10.8. The molecule has 0 radical (unpaired) electrons. The summed E-state index contributed by atoms with van der Waals surface area (Å²) in [5.41, 5.74) is -0.478. The molecule has 1 heterocycles. The zero-order chi connectivity index (χ0) is 15.6. The lowest BCUT2D eigenvalue weighted by molar-refractivity contribution is -0.384. The van der Waals surface area contributed by atoms with Crippen LogP contribution in [0.1, 0.15) is 0 Å². The summed E-state index contributed by atoms with van der Waals surface area (Å²) in [6, 6.07) is 8.29. The van der Waals surface area contributed by atoms with Crippen LogP contribution < -0.4 is 4.72 Å². The van der Waals surface area contributed by atoms with Crippen molar-refractivity contribution in [1.82, 2.24) is 4.98 Å². The van der Waals surface area contributed by atoms with Crippen molar-refractivity contribution in [2.24, 2.45) is 0 Å². The molecule has 0 fully saturated rings. The van der Waals surface area contributed by atoms with Crippen LogP contribution in [0.15, 0.2) is 41.3 Å². The number of hydrogen-bond donors (Lipinski definition) is 1. The number of pyridine rings is 1. The van der Waals surface area contributed by atoms with Crippen molar-refractivity contribution < 1.29 is 13.3 Å². The molecular weight excluding hydrogens is 433 g/mol. The number of aromatic nitrogens is 1. The highest BCUT2D eigenvalue weighted by atomic mass is 127. The Kier molecular flexibility index (Phi) is 4.64. The quantitative estimate of drug-likeness (QED) is 0.341. The fraction of sp³-hybridized carbons (Fsp3) is 0. The Balaban J connectivity index is 2.43. The minimum absolute atomic E-state index is 0.0287. The lowest BCUT2D eigenvalue weighted by Gasteiger charge is -2.08. The normalized spacial score (nSPS) is 11.1. The van der Waals surface area contributed by atoms with Crippen molar-refractivity contribution in [2.45, 2.75) is 4.90 Å². The van der Waals surface area contributed by atoms with Crippen LogP contribution in [0.2, 0.25) is 5.15 Å². The van der Waals surface area contributed by atoms with Crippen molar-refractivity contribution in [3.8, 4) is 0 Å². The fourth-order valence-electron chi connectivity index (χ4n) is 1.45. The van der Waals surface area contributed by atoms with Gasteiger partial charge >= 0.3 is 5.69 Å². The van der Waals surface area contributed by atoms with Gasteiger partial charge in [0.05, 0.1) is 9.82 Å². The van der Waals surface area contributed by atoms with Crippen LogP contribution in [0.25, 0.3) is 0 Å². The van der Waals surface area contributed by atoms with Crippen molar-refractivity contribution >= 4 is 55.7 Å². The molecule has 1 aromatic heterocycles. The molecule has 0 spiro atoms. The van der Waals surface area contributed by atoms with Gasteiger partial charge in [0, 0.05) is 9.64 Å². The Morgan fingerprint density at radius 2 is 1.81 bits per heavy atom. The van der Waals surface area contributed by atoms with Crippen LogP contribution in [0.5, 0.6) is 0 Å². The van der Waals surface area contributed by atoms with E-state index in [0.717, 1.165) is 9.64 Å². The Morgan fingerprint density at radius 3 is 2.38 bits per heavy atom. The van der Waals surface area contributed by atoms with E-state index < -0.39 is 26.5 Å². The summed E-state index contributed by atoms with van der Waals surface area (Å²) >= 11 is 7.68. The van der Waals surface area contributed by atoms with Gasteiger partial charge in [-0.1, -0.05) is 11.6 Å². The Hall–Kier alpha value is -1.46. The molecule has 0 aliphatic heterocycles. The van der Waals surface area contributed by atoms with Gasteiger partial charge in [0.25, 0.3) is 10.0 Å². The molecule has 0 aliphatic rings. The van der Waals surface area contributed by atoms with E-state index in [-0.39, 0.29) is 10.0 Å². The van der Waals surface area contributed by atoms with Gasteiger partial charge in [-0.3, -0.25) is 14.8 Å². The van der Waals surface area contributed by atoms with E-state index in [2.05, 4.69) is 9.71 Å². The minimum Gasteiger partial charge on any atom is -0.258 e. The number of anilines is 1. The number of rotatable bonds is 4. The number of hydrogen-bond acceptors (Lipinski definition) is 5. The van der Waals surface area contributed by atoms with Crippen molar-refractivity contribution in [2.75, 3.05) is 4.72 Å². The summed E-state index contributed by atoms with van der Waals surface area (Å²) in [6.07, 6.45) is 0. The molecule has 2 rings (SSSR count). The number of nitrogens with one attached hydrogen (secondary N) is 1. The van der Waals surface area contributed by atoms with E-state index in [1.54, 1.807) is 12.1 Å². The van der Waals surface area contributed by atoms with Gasteiger partial charge in [0.2, 0.25) is 5.82 Å². The fourth-order valence-corrected chi connectivity index (χ4v) is 2.97. The Morgan fingerprint density at radius 1 is 1.19 bits per heavy atom. The molecule has 0 atom stereocenters. The van der Waals surface area contributed by atoms with Crippen LogP contribution in [0.3, 0.4) is 0 Å². The SMILES string of the molecule is O=[N+]([O-])c1ccc(Cl)nc1NS(=O)(=O)c1ccc(I)cc1. The molecule has 21 heavy (non-hydrogen) atoms. The first-order chi connectivity index (χ1) is 9.79. The molecule has 0 amide bonds. The van der Waals surface area contributed by atoms with Crippen molar-refractivity contribution in [3.63, 3.8) is 0 Å². The van der Waals surface area contributed by atoms with Gasteiger partial charge in [-0.2, -0.15) is 0 Å². The van der Waals surface area contributed by atoms with Gasteiger partial charge in [0.15, 0.2) is 0 Å². The summed E-state index contributed by atoms with van der Waals surface area (Å²) in [4.78, 5) is 13.8. The number of sulfonamides is 1. The zero-order valence-electron chi connectivity index (χ0n) is 10.2. The van der Waals surface area contributed by atoms with Crippen LogP contribution >= 0.6 is 34.2 Å². The lowest BCUT2D eigenvalue weighted by Crippen LogP contribution is -2.15. The second-order valence-corrected chi connectivity index (χ2v) is 7.13.